The molecule has 0 atom stereocenters. The predicted molar refractivity (Wildman–Crippen MR) is 131 cm³/mol. The maximum atomic E-state index is 14.7. The van der Waals surface area contributed by atoms with Gasteiger partial charge in [0, 0.05) is 32.2 Å². The van der Waals surface area contributed by atoms with Gasteiger partial charge < -0.3 is 19.9 Å². The van der Waals surface area contributed by atoms with Crippen molar-refractivity contribution in [3.05, 3.63) is 59.4 Å². The van der Waals surface area contributed by atoms with Crippen LogP contribution in [0.25, 0.3) is 0 Å². The van der Waals surface area contributed by atoms with Gasteiger partial charge in [-0.05, 0) is 70.1 Å². The predicted octanol–water partition coefficient (Wildman–Crippen LogP) is 5.80. The highest BCUT2D eigenvalue weighted by Crippen LogP contribution is 2.32. The molecule has 2 fully saturated rings. The largest absolute Gasteiger partial charge is 0.488 e. The normalized spacial score (nSPS) is 18.5. The van der Waals surface area contributed by atoms with Crippen molar-refractivity contribution < 1.29 is 13.9 Å². The number of hydrogen-bond donors (Lipinski definition) is 1. The molecule has 2 saturated heterocycles. The van der Waals surface area contributed by atoms with E-state index in [1.807, 2.05) is 0 Å². The van der Waals surface area contributed by atoms with Crippen LogP contribution in [-0.4, -0.2) is 54.2 Å². The fraction of sp³-hybridized carbons (Fsp3) is 0.519. The summed E-state index contributed by atoms with van der Waals surface area (Å²) in [5, 5.41) is 2.80. The number of para-hydroxylation sites is 1. The molecule has 5 nitrogen and oxygen atoms in total. The molecule has 0 saturated carbocycles. The summed E-state index contributed by atoms with van der Waals surface area (Å²) < 4.78 is 20.9. The van der Waals surface area contributed by atoms with Gasteiger partial charge in [0.15, 0.2) is 5.82 Å². The van der Waals surface area contributed by atoms with Gasteiger partial charge in [0.1, 0.15) is 17.5 Å². The Hall–Kier alpha value is -2.60. The number of carbonyl (C=O) groups excluding carboxylic acids is 1. The Morgan fingerprint density at radius 1 is 1.00 bits per heavy atom. The standard InChI is InChI=1S/C27H36FN3O2/c1-19(2)30-17-13-23(14-18-30)33-25-6-4-5-24(28)26(25)29-27(32)31-15-11-22(12-16-31)21-9-7-20(3)8-10-21/h4-10,19,22-23H,11-18H2,1-3H3,(H,29,32). The Balaban J connectivity index is 1.35. The van der Waals surface area contributed by atoms with Crippen molar-refractivity contribution in [2.75, 3.05) is 31.5 Å². The fourth-order valence-electron chi connectivity index (χ4n) is 4.85. The average Bonchev–Trinajstić information content (AvgIpc) is 2.82. The highest BCUT2D eigenvalue weighted by atomic mass is 19.1. The van der Waals surface area contributed by atoms with Crippen molar-refractivity contribution in [3.63, 3.8) is 0 Å². The molecule has 0 bridgehead atoms. The van der Waals surface area contributed by atoms with Crippen LogP contribution in [0, 0.1) is 12.7 Å². The van der Waals surface area contributed by atoms with Crippen LogP contribution in [0.2, 0.25) is 0 Å². The second-order valence-corrected chi connectivity index (χ2v) is 9.66. The Morgan fingerprint density at radius 2 is 1.67 bits per heavy atom. The molecule has 0 radical (unpaired) electrons. The zero-order valence-electron chi connectivity index (χ0n) is 20.0. The maximum absolute atomic E-state index is 14.7. The van der Waals surface area contributed by atoms with Crippen molar-refractivity contribution in [1.29, 1.82) is 0 Å². The molecule has 2 aliphatic heterocycles. The fourth-order valence-corrected chi connectivity index (χ4v) is 4.85. The molecule has 2 heterocycles. The van der Waals surface area contributed by atoms with Gasteiger partial charge in [-0.15, -0.1) is 0 Å². The zero-order valence-corrected chi connectivity index (χ0v) is 20.0. The van der Waals surface area contributed by atoms with E-state index in [2.05, 4.69) is 55.3 Å². The van der Waals surface area contributed by atoms with Crippen molar-refractivity contribution >= 4 is 11.7 Å². The van der Waals surface area contributed by atoms with E-state index in [-0.39, 0.29) is 17.8 Å². The molecule has 4 rings (SSSR count). The first-order valence-electron chi connectivity index (χ1n) is 12.2. The number of anilines is 1. The summed E-state index contributed by atoms with van der Waals surface area (Å²) >= 11 is 0. The molecule has 1 N–H and O–H groups in total. The van der Waals surface area contributed by atoms with Crippen LogP contribution >= 0.6 is 0 Å². The third kappa shape index (κ3) is 5.85. The first-order chi connectivity index (χ1) is 15.9. The van der Waals surface area contributed by atoms with Gasteiger partial charge in [-0.1, -0.05) is 35.9 Å². The molecule has 0 aromatic heterocycles. The van der Waals surface area contributed by atoms with Crippen molar-refractivity contribution in [3.8, 4) is 5.75 Å². The van der Waals surface area contributed by atoms with E-state index < -0.39 is 5.82 Å². The number of likely N-dealkylation sites (tertiary alicyclic amines) is 2. The van der Waals surface area contributed by atoms with Crippen LogP contribution in [-0.2, 0) is 0 Å². The molecule has 2 aromatic carbocycles. The van der Waals surface area contributed by atoms with Gasteiger partial charge >= 0.3 is 6.03 Å². The van der Waals surface area contributed by atoms with Crippen LogP contribution in [0.4, 0.5) is 14.9 Å². The number of nitrogens with zero attached hydrogens (tertiary/aromatic N) is 2. The summed E-state index contributed by atoms with van der Waals surface area (Å²) in [6.07, 6.45) is 3.64. The molecular formula is C27H36FN3O2. The second-order valence-electron chi connectivity index (χ2n) is 9.66. The third-order valence-corrected chi connectivity index (χ3v) is 7.04. The Morgan fingerprint density at radius 3 is 2.30 bits per heavy atom. The number of ether oxygens (including phenoxy) is 1. The van der Waals surface area contributed by atoms with E-state index >= 15 is 0 Å². The number of halogens is 1. The minimum Gasteiger partial charge on any atom is -0.488 e. The summed E-state index contributed by atoms with van der Waals surface area (Å²) in [6.45, 7) is 9.73. The van der Waals surface area contributed by atoms with Crippen molar-refractivity contribution in [2.24, 2.45) is 0 Å². The van der Waals surface area contributed by atoms with E-state index in [0.29, 0.717) is 30.8 Å². The first kappa shape index (κ1) is 23.6. The molecule has 178 valence electrons. The van der Waals surface area contributed by atoms with E-state index in [1.165, 1.54) is 17.2 Å². The minimum atomic E-state index is -0.463. The molecule has 0 aliphatic carbocycles. The Bertz CT molecular complexity index is 931. The van der Waals surface area contributed by atoms with Gasteiger partial charge in [0.05, 0.1) is 0 Å². The molecule has 6 heteroatoms. The topological polar surface area (TPSA) is 44.8 Å². The van der Waals surface area contributed by atoms with Gasteiger partial charge in [-0.2, -0.15) is 0 Å². The third-order valence-electron chi connectivity index (χ3n) is 7.04. The number of hydrogen-bond acceptors (Lipinski definition) is 3. The minimum absolute atomic E-state index is 0.0303. The lowest BCUT2D eigenvalue weighted by molar-refractivity contribution is 0.0845. The number of carbonyl (C=O) groups is 1. The number of amides is 2. The SMILES string of the molecule is Cc1ccc(C2CCN(C(=O)Nc3c(F)cccc3OC3CCN(C(C)C)CC3)CC2)cc1. The smallest absolute Gasteiger partial charge is 0.322 e. The Labute approximate surface area is 196 Å². The molecule has 2 amide bonds. The lowest BCUT2D eigenvalue weighted by Crippen LogP contribution is -2.42. The zero-order chi connectivity index (χ0) is 23.4. The van der Waals surface area contributed by atoms with E-state index in [0.717, 1.165) is 38.8 Å². The summed E-state index contributed by atoms with van der Waals surface area (Å²) in [6, 6.07) is 13.7. The number of benzene rings is 2. The van der Waals surface area contributed by atoms with Gasteiger partial charge in [-0.3, -0.25) is 0 Å². The lowest BCUT2D eigenvalue weighted by atomic mass is 9.89. The first-order valence-corrected chi connectivity index (χ1v) is 12.2. The maximum Gasteiger partial charge on any atom is 0.322 e. The number of rotatable bonds is 5. The highest BCUT2D eigenvalue weighted by Gasteiger charge is 2.27. The number of nitrogens with one attached hydrogen (secondary N) is 1. The average molecular weight is 454 g/mol. The quantitative estimate of drug-likeness (QED) is 0.623. The number of piperidine rings is 2. The second kappa shape index (κ2) is 10.6. The molecule has 2 aliphatic rings. The van der Waals surface area contributed by atoms with Gasteiger partial charge in [0.2, 0.25) is 0 Å². The van der Waals surface area contributed by atoms with Crippen molar-refractivity contribution in [2.45, 2.75) is 64.5 Å². The molecule has 0 spiro atoms. The van der Waals surface area contributed by atoms with Crippen LogP contribution in [0.3, 0.4) is 0 Å². The van der Waals surface area contributed by atoms with Gasteiger partial charge in [0.25, 0.3) is 0 Å². The Kier molecular flexibility index (Phi) is 7.53. The lowest BCUT2D eigenvalue weighted by Gasteiger charge is -2.35. The number of aryl methyl sites for hydroxylation is 1. The highest BCUT2D eigenvalue weighted by molar-refractivity contribution is 5.91. The summed E-state index contributed by atoms with van der Waals surface area (Å²) in [5.74, 6) is 0.412. The number of urea groups is 1. The summed E-state index contributed by atoms with van der Waals surface area (Å²) in [4.78, 5) is 17.2. The van der Waals surface area contributed by atoms with E-state index in [4.69, 9.17) is 4.74 Å². The van der Waals surface area contributed by atoms with E-state index in [9.17, 15) is 9.18 Å². The van der Waals surface area contributed by atoms with Crippen molar-refractivity contribution in [1.82, 2.24) is 9.80 Å². The molecular weight excluding hydrogens is 417 g/mol. The molecule has 0 unspecified atom stereocenters. The van der Waals surface area contributed by atoms with E-state index in [1.54, 1.807) is 17.0 Å². The summed E-state index contributed by atoms with van der Waals surface area (Å²) in [5.41, 5.74) is 2.73. The van der Waals surface area contributed by atoms with Gasteiger partial charge in [-0.25, -0.2) is 9.18 Å². The van der Waals surface area contributed by atoms with Crippen LogP contribution in [0.15, 0.2) is 42.5 Å². The monoisotopic (exact) mass is 453 g/mol. The molecule has 33 heavy (non-hydrogen) atoms. The van der Waals surface area contributed by atoms with Crippen LogP contribution in [0.1, 0.15) is 56.6 Å². The summed E-state index contributed by atoms with van der Waals surface area (Å²) in [7, 11) is 0. The van der Waals surface area contributed by atoms with Crippen LogP contribution in [0.5, 0.6) is 5.75 Å². The molecule has 2 aromatic rings. The van der Waals surface area contributed by atoms with Crippen LogP contribution < -0.4 is 10.1 Å².